The second-order valence-electron chi connectivity index (χ2n) is 4.37. The highest BCUT2D eigenvalue weighted by molar-refractivity contribution is 9.52. The largest absolute Gasteiger partial charge is 0.0817 e. The third kappa shape index (κ3) is 18.1. The summed E-state index contributed by atoms with van der Waals surface area (Å²) in [5.41, 5.74) is 0. The fraction of sp³-hybridized carbons (Fsp3) is 1.00. The van der Waals surface area contributed by atoms with Crippen LogP contribution in [-0.2, 0) is 0 Å². The Morgan fingerprint density at radius 3 is 0.952 bits per heavy atom. The lowest BCUT2D eigenvalue weighted by atomic mass is 10.1. The molecule has 1 fully saturated rings. The van der Waals surface area contributed by atoms with E-state index in [2.05, 4.69) is 0 Å². The lowest BCUT2D eigenvalue weighted by Gasteiger charge is -2.02. The van der Waals surface area contributed by atoms with Gasteiger partial charge in [0.25, 0.3) is 0 Å². The van der Waals surface area contributed by atoms with E-state index in [4.69, 9.17) is 0 Å². The second kappa shape index (κ2) is 19.8. The van der Waals surface area contributed by atoms with Crippen LogP contribution in [0.1, 0.15) is 57.8 Å². The van der Waals surface area contributed by atoms with Gasteiger partial charge in [0.05, 0.1) is 0 Å². The molecule has 0 radical (unpaired) electrons. The molecule has 1 aliphatic heterocycles. The molecular weight excluding hydrogens is 453 g/mol. The summed E-state index contributed by atoms with van der Waals surface area (Å²) in [6.07, 6.45) is 12.9. The summed E-state index contributed by atoms with van der Waals surface area (Å²) >= 11 is 0. The minimum Gasteiger partial charge on any atom is -0.0817 e. The molecule has 0 saturated carbocycles. The van der Waals surface area contributed by atoms with Gasteiger partial charge in [-0.05, 0) is 91.4 Å². The lowest BCUT2D eigenvalue weighted by Crippen LogP contribution is -1.83. The zero-order valence-electron chi connectivity index (χ0n) is 11.9. The summed E-state index contributed by atoms with van der Waals surface area (Å²) in [6.45, 7) is 0. The van der Waals surface area contributed by atoms with Crippen LogP contribution in [0.25, 0.3) is 0 Å². The van der Waals surface area contributed by atoms with Crippen molar-refractivity contribution in [3.63, 3.8) is 0 Å². The van der Waals surface area contributed by atoms with Crippen LogP contribution in [0, 0.1) is 0 Å². The summed E-state index contributed by atoms with van der Waals surface area (Å²) in [4.78, 5) is 0. The van der Waals surface area contributed by atoms with Crippen molar-refractivity contribution in [1.82, 2.24) is 0 Å². The Morgan fingerprint density at radius 1 is 0.286 bits per heavy atom. The van der Waals surface area contributed by atoms with Crippen LogP contribution < -0.4 is 0 Å². The van der Waals surface area contributed by atoms with Gasteiger partial charge >= 0.3 is 0 Å². The fourth-order valence-corrected chi connectivity index (χ4v) is 24.5. The van der Waals surface area contributed by atoms with Gasteiger partial charge in [-0.2, -0.15) is 0 Å². The second-order valence-corrected chi connectivity index (χ2v) is 21.2. The van der Waals surface area contributed by atoms with E-state index in [9.17, 15) is 0 Å². The topological polar surface area (TPSA) is 0 Å². The van der Waals surface area contributed by atoms with Crippen molar-refractivity contribution >= 4 is 100 Å². The van der Waals surface area contributed by atoms with E-state index >= 15 is 0 Å². The molecule has 0 aromatic rings. The highest BCUT2D eigenvalue weighted by Crippen LogP contribution is 2.59. The quantitative estimate of drug-likeness (QED) is 0.309. The average molecular weight is 475 g/mol. The van der Waals surface area contributed by atoms with Crippen LogP contribution in [0.5, 0.6) is 0 Å². The van der Waals surface area contributed by atoms with Gasteiger partial charge < -0.3 is 0 Å². The van der Waals surface area contributed by atoms with Gasteiger partial charge in [-0.25, -0.2) is 0 Å². The van der Waals surface area contributed by atoms with E-state index in [-0.39, 0.29) is 0 Å². The molecule has 1 heterocycles. The minimum atomic E-state index is 1.31. The molecule has 1 rings (SSSR count). The van der Waals surface area contributed by atoms with Gasteiger partial charge in [0.1, 0.15) is 0 Å². The van der Waals surface area contributed by atoms with E-state index in [1.165, 1.54) is 69.3 Å². The first kappa shape index (κ1) is 22.5. The summed E-state index contributed by atoms with van der Waals surface area (Å²) in [7, 11) is 19.3. The molecule has 0 amide bonds. The molecule has 0 atom stereocenters. The Morgan fingerprint density at radius 2 is 0.571 bits per heavy atom. The summed E-state index contributed by atoms with van der Waals surface area (Å²) < 4.78 is 0. The monoisotopic (exact) mass is 474 g/mol. The third-order valence-electron chi connectivity index (χ3n) is 2.75. The zero-order valence-corrected chi connectivity index (χ0v) is 20.0. The first-order valence-corrected chi connectivity index (χ1v) is 20.2. The van der Waals surface area contributed by atoms with Crippen molar-refractivity contribution in [3.8, 4) is 0 Å². The van der Waals surface area contributed by atoms with Crippen molar-refractivity contribution in [2.45, 2.75) is 57.8 Å². The highest BCUT2D eigenvalue weighted by atomic mass is 34.0. The molecule has 126 valence electrons. The van der Waals surface area contributed by atoms with Gasteiger partial charge in [-0.1, -0.05) is 66.5 Å². The van der Waals surface area contributed by atoms with E-state index < -0.39 is 0 Å². The number of hydrogen-bond donors (Lipinski definition) is 0. The number of hydrogen-bond acceptors (Lipinski definition) is 10. The standard InChI is InChI=1S/C11H22S10/c1-2-4-6-8-10-12-14-16-18-20-21-19-17-15-13-11-9-7-5-3-1/h1-11H2. The van der Waals surface area contributed by atoms with Crippen LogP contribution in [0.15, 0.2) is 0 Å². The Bertz CT molecular complexity index is 113. The van der Waals surface area contributed by atoms with Gasteiger partial charge in [0.2, 0.25) is 0 Å². The third-order valence-corrected chi connectivity index (χ3v) is 22.7. The van der Waals surface area contributed by atoms with Gasteiger partial charge in [-0.15, -0.1) is 0 Å². The minimum absolute atomic E-state index is 1.31. The van der Waals surface area contributed by atoms with Crippen LogP contribution in [0.3, 0.4) is 0 Å². The molecule has 0 unspecified atom stereocenters. The molecule has 0 aliphatic carbocycles. The Labute approximate surface area is 167 Å². The summed E-state index contributed by atoms with van der Waals surface area (Å²) in [6, 6.07) is 0. The van der Waals surface area contributed by atoms with Crippen LogP contribution in [-0.4, -0.2) is 11.5 Å². The predicted octanol–water partition coefficient (Wildman–Crippen LogP) is 10.1. The first-order chi connectivity index (χ1) is 10.5. The van der Waals surface area contributed by atoms with Gasteiger partial charge in [-0.3, -0.25) is 0 Å². The normalized spacial score (nSPS) is 24.0. The van der Waals surface area contributed by atoms with E-state index in [1.807, 2.05) is 100 Å². The predicted molar refractivity (Wildman–Crippen MR) is 127 cm³/mol. The molecule has 0 nitrogen and oxygen atoms in total. The molecule has 1 aliphatic rings. The van der Waals surface area contributed by atoms with E-state index in [1.54, 1.807) is 0 Å². The smallest absolute Gasteiger partial charge is 0.00454 e. The maximum atomic E-state index is 2.02. The van der Waals surface area contributed by atoms with Crippen molar-refractivity contribution in [2.24, 2.45) is 0 Å². The molecular formula is C11H22S10. The molecule has 1 saturated heterocycles. The highest BCUT2D eigenvalue weighted by Gasteiger charge is 1.99. The SMILES string of the molecule is C1CCCCCSSSSSSSSSSCCCCC1. The van der Waals surface area contributed by atoms with Crippen LogP contribution in [0.4, 0.5) is 0 Å². The average Bonchev–Trinajstić information content (AvgIpc) is 2.50. The molecule has 10 heteroatoms. The van der Waals surface area contributed by atoms with Gasteiger partial charge in [0.15, 0.2) is 0 Å². The maximum Gasteiger partial charge on any atom is 0.00454 e. The molecule has 0 bridgehead atoms. The molecule has 21 heavy (non-hydrogen) atoms. The summed E-state index contributed by atoms with van der Waals surface area (Å²) in [5.74, 6) is 2.63. The molecule has 0 N–H and O–H groups in total. The Kier molecular flexibility index (Phi) is 21.3. The lowest BCUT2D eigenvalue weighted by molar-refractivity contribution is 0.574. The van der Waals surface area contributed by atoms with Crippen LogP contribution in [0.2, 0.25) is 0 Å². The van der Waals surface area contributed by atoms with Crippen molar-refractivity contribution in [1.29, 1.82) is 0 Å². The van der Waals surface area contributed by atoms with Crippen molar-refractivity contribution < 1.29 is 0 Å². The molecule has 0 spiro atoms. The van der Waals surface area contributed by atoms with E-state index in [0.29, 0.717) is 0 Å². The van der Waals surface area contributed by atoms with Crippen molar-refractivity contribution in [2.75, 3.05) is 11.5 Å². The van der Waals surface area contributed by atoms with Gasteiger partial charge in [0, 0.05) is 11.5 Å². The fourth-order valence-electron chi connectivity index (χ4n) is 1.73. The first-order valence-electron chi connectivity index (χ1n) is 7.08. The Balaban J connectivity index is 2.00. The number of rotatable bonds is 0. The Hall–Kier alpha value is 3.50. The molecule has 0 aromatic heterocycles. The van der Waals surface area contributed by atoms with Crippen molar-refractivity contribution in [3.05, 3.63) is 0 Å². The maximum absolute atomic E-state index is 2.02. The van der Waals surface area contributed by atoms with E-state index in [0.717, 1.165) is 0 Å². The van der Waals surface area contributed by atoms with Crippen LogP contribution >= 0.6 is 100 Å². The molecule has 0 aromatic carbocycles. The zero-order chi connectivity index (χ0) is 14.8. The summed E-state index contributed by atoms with van der Waals surface area (Å²) in [5, 5.41) is 0.